The third kappa shape index (κ3) is 5.65. The van der Waals surface area contributed by atoms with E-state index in [4.69, 9.17) is 15.0 Å². The van der Waals surface area contributed by atoms with E-state index in [1.54, 1.807) is 0 Å². The zero-order valence-electron chi connectivity index (χ0n) is 30.0. The van der Waals surface area contributed by atoms with Crippen LogP contribution in [0.3, 0.4) is 0 Å². The summed E-state index contributed by atoms with van der Waals surface area (Å²) >= 11 is 0. The van der Waals surface area contributed by atoms with Crippen molar-refractivity contribution in [1.82, 2.24) is 15.0 Å². The normalized spacial score (nSPS) is 12.5. The summed E-state index contributed by atoms with van der Waals surface area (Å²) in [6.07, 6.45) is 1.86. The molecule has 7 aromatic carbocycles. The van der Waals surface area contributed by atoms with Gasteiger partial charge in [-0.2, -0.15) is 0 Å². The number of nitrogens with zero attached hydrogens (tertiary/aromatic N) is 3. The van der Waals surface area contributed by atoms with Gasteiger partial charge < -0.3 is 0 Å². The highest BCUT2D eigenvalue weighted by Gasteiger charge is 2.46. The Morgan fingerprint density at radius 3 is 1.38 bits per heavy atom. The summed E-state index contributed by atoms with van der Waals surface area (Å²) in [5, 5.41) is 0. The van der Waals surface area contributed by atoms with Gasteiger partial charge in [0.1, 0.15) is 0 Å². The molecule has 9 aromatic rings. The molecule has 2 aromatic heterocycles. The summed E-state index contributed by atoms with van der Waals surface area (Å²) in [4.78, 5) is 14.8. The second-order valence-corrected chi connectivity index (χ2v) is 14.0. The third-order valence-corrected chi connectivity index (χ3v) is 10.8. The van der Waals surface area contributed by atoms with Gasteiger partial charge in [0.2, 0.25) is 0 Å². The number of rotatable bonds is 7. The van der Waals surface area contributed by atoms with Crippen molar-refractivity contribution in [3.63, 3.8) is 0 Å². The lowest BCUT2D eigenvalue weighted by Crippen LogP contribution is -2.28. The molecule has 258 valence electrons. The Morgan fingerprint density at radius 2 is 0.800 bits per heavy atom. The topological polar surface area (TPSA) is 38.7 Å². The van der Waals surface area contributed by atoms with Gasteiger partial charge in [-0.05, 0) is 74.8 Å². The van der Waals surface area contributed by atoms with Gasteiger partial charge in [0, 0.05) is 28.5 Å². The Morgan fingerprint density at radius 1 is 0.309 bits per heavy atom. The standard InChI is InChI=1S/C52H35N3/c1-3-15-37(16-4-1)49-35-50(38-17-5-2-6-18-38)55-51(54-49)39-30-28-36(29-31-39)40-19-13-21-42(33-40)52(43-22-14-20-41(34-43)48-27-11-12-32-53-48)46-25-9-7-23-44(46)45-24-8-10-26-47(45)52/h1-35H. The van der Waals surface area contributed by atoms with E-state index in [2.05, 4.69) is 158 Å². The van der Waals surface area contributed by atoms with Crippen molar-refractivity contribution in [3.05, 3.63) is 235 Å². The Balaban J connectivity index is 1.10. The zero-order valence-corrected chi connectivity index (χ0v) is 30.0. The monoisotopic (exact) mass is 701 g/mol. The molecule has 3 heteroatoms. The molecule has 0 aliphatic heterocycles. The molecule has 0 spiro atoms. The minimum Gasteiger partial charge on any atom is -0.256 e. The van der Waals surface area contributed by atoms with Crippen molar-refractivity contribution in [3.8, 4) is 67.4 Å². The lowest BCUT2D eigenvalue weighted by atomic mass is 9.67. The summed E-state index contributed by atoms with van der Waals surface area (Å²) in [6.45, 7) is 0. The van der Waals surface area contributed by atoms with Crippen molar-refractivity contribution < 1.29 is 0 Å². The largest absolute Gasteiger partial charge is 0.256 e. The number of pyridine rings is 1. The molecule has 1 aliphatic carbocycles. The Hall–Kier alpha value is -7.23. The average Bonchev–Trinajstić information content (AvgIpc) is 3.58. The first-order chi connectivity index (χ1) is 27.3. The molecule has 0 saturated heterocycles. The molecule has 3 nitrogen and oxygen atoms in total. The molecule has 55 heavy (non-hydrogen) atoms. The molecule has 0 bridgehead atoms. The van der Waals surface area contributed by atoms with Crippen LogP contribution in [0.4, 0.5) is 0 Å². The van der Waals surface area contributed by atoms with Crippen LogP contribution in [0.2, 0.25) is 0 Å². The van der Waals surface area contributed by atoms with Crippen LogP contribution in [0.25, 0.3) is 67.4 Å². The first-order valence-corrected chi connectivity index (χ1v) is 18.7. The summed E-state index contributed by atoms with van der Waals surface area (Å²) < 4.78 is 0. The van der Waals surface area contributed by atoms with E-state index in [-0.39, 0.29) is 0 Å². The maximum absolute atomic E-state index is 5.07. The Labute approximate surface area is 321 Å². The predicted molar refractivity (Wildman–Crippen MR) is 224 cm³/mol. The molecular formula is C52H35N3. The maximum atomic E-state index is 5.07. The van der Waals surface area contributed by atoms with Gasteiger partial charge in [-0.15, -0.1) is 0 Å². The van der Waals surface area contributed by atoms with E-state index in [0.717, 1.165) is 50.5 Å². The van der Waals surface area contributed by atoms with Crippen molar-refractivity contribution in [2.45, 2.75) is 5.41 Å². The molecule has 10 rings (SSSR count). The smallest absolute Gasteiger partial charge is 0.160 e. The predicted octanol–water partition coefficient (Wildman–Crippen LogP) is 12.6. The highest BCUT2D eigenvalue weighted by molar-refractivity contribution is 5.87. The quantitative estimate of drug-likeness (QED) is 0.166. The third-order valence-electron chi connectivity index (χ3n) is 10.8. The van der Waals surface area contributed by atoms with Gasteiger partial charge in [-0.3, -0.25) is 4.98 Å². The fourth-order valence-electron chi connectivity index (χ4n) is 8.30. The van der Waals surface area contributed by atoms with E-state index in [0.29, 0.717) is 5.82 Å². The molecular weight excluding hydrogens is 667 g/mol. The number of fused-ring (bicyclic) bond motifs is 3. The van der Waals surface area contributed by atoms with E-state index in [9.17, 15) is 0 Å². The van der Waals surface area contributed by atoms with Crippen molar-refractivity contribution in [2.24, 2.45) is 0 Å². The Kier molecular flexibility index (Phi) is 8.04. The molecule has 0 fully saturated rings. The van der Waals surface area contributed by atoms with Crippen molar-refractivity contribution in [2.75, 3.05) is 0 Å². The number of hydrogen-bond acceptors (Lipinski definition) is 3. The fraction of sp³-hybridized carbons (Fsp3) is 0.0192. The highest BCUT2D eigenvalue weighted by Crippen LogP contribution is 2.56. The molecule has 0 unspecified atom stereocenters. The SMILES string of the molecule is c1ccc(-c2cc(-c3ccccc3)nc(-c3ccc(-c4cccc(C5(c6cccc(-c7ccccn7)c6)c6ccccc6-c6ccccc65)c4)cc3)n2)cc1. The second kappa shape index (κ2) is 13.6. The maximum Gasteiger partial charge on any atom is 0.160 e. The first-order valence-electron chi connectivity index (χ1n) is 18.7. The lowest BCUT2D eigenvalue weighted by molar-refractivity contribution is 0.769. The van der Waals surface area contributed by atoms with Crippen LogP contribution >= 0.6 is 0 Å². The van der Waals surface area contributed by atoms with Crippen LogP contribution in [0, 0.1) is 0 Å². The van der Waals surface area contributed by atoms with Gasteiger partial charge >= 0.3 is 0 Å². The average molecular weight is 702 g/mol. The van der Waals surface area contributed by atoms with Crippen molar-refractivity contribution in [1.29, 1.82) is 0 Å². The summed E-state index contributed by atoms with van der Waals surface area (Å²) in [5.41, 5.74) is 16.2. The minimum atomic E-state index is -0.534. The number of hydrogen-bond donors (Lipinski definition) is 0. The number of benzene rings is 7. The van der Waals surface area contributed by atoms with E-state index >= 15 is 0 Å². The number of aromatic nitrogens is 3. The lowest BCUT2D eigenvalue weighted by Gasteiger charge is -2.34. The van der Waals surface area contributed by atoms with Crippen LogP contribution in [0.1, 0.15) is 22.3 Å². The van der Waals surface area contributed by atoms with Crippen LogP contribution in [-0.2, 0) is 5.41 Å². The van der Waals surface area contributed by atoms with E-state index in [1.165, 1.54) is 33.4 Å². The first kappa shape index (κ1) is 32.4. The van der Waals surface area contributed by atoms with Crippen LogP contribution in [0.15, 0.2) is 212 Å². The second-order valence-electron chi connectivity index (χ2n) is 14.0. The van der Waals surface area contributed by atoms with Gasteiger partial charge in [-0.1, -0.05) is 176 Å². The molecule has 1 aliphatic rings. The minimum absolute atomic E-state index is 0.534. The Bertz CT molecular complexity index is 2690. The van der Waals surface area contributed by atoms with Gasteiger partial charge in [0.25, 0.3) is 0 Å². The zero-order chi connectivity index (χ0) is 36.6. The molecule has 0 amide bonds. The van der Waals surface area contributed by atoms with Crippen LogP contribution in [-0.4, -0.2) is 15.0 Å². The van der Waals surface area contributed by atoms with Crippen LogP contribution in [0.5, 0.6) is 0 Å². The molecule has 0 N–H and O–H groups in total. The molecule has 0 radical (unpaired) electrons. The van der Waals surface area contributed by atoms with Gasteiger partial charge in [0.05, 0.1) is 22.5 Å². The molecule has 2 heterocycles. The van der Waals surface area contributed by atoms with Crippen molar-refractivity contribution >= 4 is 0 Å². The summed E-state index contributed by atoms with van der Waals surface area (Å²) in [7, 11) is 0. The summed E-state index contributed by atoms with van der Waals surface area (Å²) in [6, 6.07) is 73.3. The van der Waals surface area contributed by atoms with Gasteiger partial charge in [-0.25, -0.2) is 9.97 Å². The fourth-order valence-corrected chi connectivity index (χ4v) is 8.30. The molecule has 0 saturated carbocycles. The summed E-state index contributed by atoms with van der Waals surface area (Å²) in [5.74, 6) is 0.700. The van der Waals surface area contributed by atoms with Gasteiger partial charge in [0.15, 0.2) is 5.82 Å². The molecule has 0 atom stereocenters. The van der Waals surface area contributed by atoms with E-state index < -0.39 is 5.41 Å². The highest BCUT2D eigenvalue weighted by atomic mass is 14.9. The van der Waals surface area contributed by atoms with Crippen LogP contribution < -0.4 is 0 Å². The van der Waals surface area contributed by atoms with E-state index in [1.807, 2.05) is 54.7 Å².